The van der Waals surface area contributed by atoms with Crippen LogP contribution in [0.4, 0.5) is 0 Å². The van der Waals surface area contributed by atoms with Crippen molar-refractivity contribution in [3.63, 3.8) is 0 Å². The van der Waals surface area contributed by atoms with Gasteiger partial charge in [-0.25, -0.2) is 0 Å². The minimum Gasteiger partial charge on any atom is -0.317 e. The summed E-state index contributed by atoms with van der Waals surface area (Å²) in [7, 11) is 0. The Hall–Kier alpha value is -0.340. The molecule has 2 heteroatoms. The van der Waals surface area contributed by atoms with Crippen LogP contribution in [0.2, 0.25) is 0 Å². The molecule has 0 aliphatic carbocycles. The van der Waals surface area contributed by atoms with Crippen molar-refractivity contribution in [1.82, 2.24) is 10.6 Å². The molecule has 3 unspecified atom stereocenters. The fraction of sp³-hybridized carbons (Fsp3) is 0.867. The van der Waals surface area contributed by atoms with Gasteiger partial charge in [0.1, 0.15) is 0 Å². The third kappa shape index (κ3) is 5.69. The Labute approximate surface area is 107 Å². The van der Waals surface area contributed by atoms with Gasteiger partial charge in [-0.15, -0.1) is 0 Å². The number of allylic oxidation sites excluding steroid dienone is 1. The van der Waals surface area contributed by atoms with Gasteiger partial charge in [-0.05, 0) is 57.5 Å². The van der Waals surface area contributed by atoms with Crippen molar-refractivity contribution in [3.05, 3.63) is 12.2 Å². The average molecular weight is 238 g/mol. The zero-order valence-corrected chi connectivity index (χ0v) is 11.8. The topological polar surface area (TPSA) is 24.1 Å². The standard InChI is InChI=1S/C15H30N2/c1-4-14-8-7-11-17-13(3)12-15(14)9-6-10-16-5-2/h7-8,13-17H,4-6,9-12H2,1-3H3/b8-7-. The minimum absolute atomic E-state index is 0.665. The van der Waals surface area contributed by atoms with Crippen molar-refractivity contribution >= 4 is 0 Å². The maximum Gasteiger partial charge on any atom is 0.0137 e. The van der Waals surface area contributed by atoms with E-state index in [1.807, 2.05) is 0 Å². The van der Waals surface area contributed by atoms with E-state index in [1.165, 1.54) is 32.2 Å². The summed E-state index contributed by atoms with van der Waals surface area (Å²) >= 11 is 0. The molecule has 0 aromatic heterocycles. The molecule has 0 amide bonds. The first-order chi connectivity index (χ1) is 8.27. The summed E-state index contributed by atoms with van der Waals surface area (Å²) in [5.74, 6) is 1.65. The van der Waals surface area contributed by atoms with E-state index in [1.54, 1.807) is 0 Å². The SMILES string of the molecule is CCNCCCC1CC(C)NC/C=C\C1CC. The third-order valence-corrected chi connectivity index (χ3v) is 3.88. The zero-order valence-electron chi connectivity index (χ0n) is 11.8. The van der Waals surface area contributed by atoms with Crippen LogP contribution in [0.3, 0.4) is 0 Å². The molecule has 100 valence electrons. The van der Waals surface area contributed by atoms with Crippen LogP contribution in [0.1, 0.15) is 46.5 Å². The van der Waals surface area contributed by atoms with Gasteiger partial charge in [0.05, 0.1) is 0 Å². The molecule has 0 spiro atoms. The highest BCUT2D eigenvalue weighted by Gasteiger charge is 2.20. The van der Waals surface area contributed by atoms with Crippen LogP contribution in [-0.4, -0.2) is 25.7 Å². The van der Waals surface area contributed by atoms with Gasteiger partial charge in [-0.2, -0.15) is 0 Å². The first-order valence-electron chi connectivity index (χ1n) is 7.38. The molecule has 0 saturated carbocycles. The van der Waals surface area contributed by atoms with E-state index in [0.717, 1.165) is 24.9 Å². The number of rotatable bonds is 6. The van der Waals surface area contributed by atoms with Gasteiger partial charge in [-0.3, -0.25) is 0 Å². The summed E-state index contributed by atoms with van der Waals surface area (Å²) in [6, 6.07) is 0.665. The molecule has 1 aliphatic heterocycles. The molecule has 17 heavy (non-hydrogen) atoms. The van der Waals surface area contributed by atoms with E-state index in [-0.39, 0.29) is 0 Å². The first-order valence-corrected chi connectivity index (χ1v) is 7.38. The second-order valence-electron chi connectivity index (χ2n) is 5.30. The Morgan fingerprint density at radius 1 is 1.35 bits per heavy atom. The minimum atomic E-state index is 0.665. The van der Waals surface area contributed by atoms with Crippen LogP contribution in [0.5, 0.6) is 0 Å². The smallest absolute Gasteiger partial charge is 0.0137 e. The van der Waals surface area contributed by atoms with Crippen molar-refractivity contribution in [2.24, 2.45) is 11.8 Å². The summed E-state index contributed by atoms with van der Waals surface area (Å²) in [4.78, 5) is 0. The van der Waals surface area contributed by atoms with Gasteiger partial charge in [0.25, 0.3) is 0 Å². The Kier molecular flexibility index (Phi) is 7.54. The predicted molar refractivity (Wildman–Crippen MR) is 76.3 cm³/mol. The van der Waals surface area contributed by atoms with E-state index >= 15 is 0 Å². The Morgan fingerprint density at radius 2 is 2.18 bits per heavy atom. The summed E-state index contributed by atoms with van der Waals surface area (Å²) < 4.78 is 0. The summed E-state index contributed by atoms with van der Waals surface area (Å²) in [5.41, 5.74) is 0. The fourth-order valence-corrected chi connectivity index (χ4v) is 2.85. The molecule has 0 radical (unpaired) electrons. The van der Waals surface area contributed by atoms with Crippen LogP contribution in [0.15, 0.2) is 12.2 Å². The van der Waals surface area contributed by atoms with Gasteiger partial charge >= 0.3 is 0 Å². The molecule has 1 aliphatic rings. The van der Waals surface area contributed by atoms with Crippen molar-refractivity contribution in [2.75, 3.05) is 19.6 Å². The molecular weight excluding hydrogens is 208 g/mol. The molecule has 1 heterocycles. The maximum absolute atomic E-state index is 3.56. The van der Waals surface area contributed by atoms with Gasteiger partial charge in [0.2, 0.25) is 0 Å². The van der Waals surface area contributed by atoms with Crippen LogP contribution in [0, 0.1) is 11.8 Å². The number of nitrogens with one attached hydrogen (secondary N) is 2. The molecule has 1 rings (SSSR count). The van der Waals surface area contributed by atoms with Crippen molar-refractivity contribution < 1.29 is 0 Å². The van der Waals surface area contributed by atoms with E-state index in [2.05, 4.69) is 43.6 Å². The molecule has 0 aromatic rings. The Morgan fingerprint density at radius 3 is 2.88 bits per heavy atom. The van der Waals surface area contributed by atoms with Crippen LogP contribution in [-0.2, 0) is 0 Å². The summed E-state index contributed by atoms with van der Waals surface area (Å²) in [5, 5.41) is 6.98. The monoisotopic (exact) mass is 238 g/mol. The second-order valence-corrected chi connectivity index (χ2v) is 5.30. The van der Waals surface area contributed by atoms with Gasteiger partial charge in [0, 0.05) is 12.6 Å². The van der Waals surface area contributed by atoms with Crippen molar-refractivity contribution in [2.45, 2.75) is 52.5 Å². The molecular formula is C15H30N2. The summed E-state index contributed by atoms with van der Waals surface area (Å²) in [6.07, 6.45) is 10.1. The Bertz CT molecular complexity index is 213. The van der Waals surface area contributed by atoms with Crippen LogP contribution < -0.4 is 10.6 Å². The number of hydrogen-bond donors (Lipinski definition) is 2. The zero-order chi connectivity index (χ0) is 12.5. The summed E-state index contributed by atoms with van der Waals surface area (Å²) in [6.45, 7) is 10.1. The first kappa shape index (κ1) is 14.7. The number of hydrogen-bond acceptors (Lipinski definition) is 2. The van der Waals surface area contributed by atoms with Gasteiger partial charge in [0.15, 0.2) is 0 Å². The highest BCUT2D eigenvalue weighted by molar-refractivity contribution is 4.95. The lowest BCUT2D eigenvalue weighted by molar-refractivity contribution is 0.291. The van der Waals surface area contributed by atoms with Crippen molar-refractivity contribution in [3.8, 4) is 0 Å². The quantitative estimate of drug-likeness (QED) is 0.549. The molecule has 0 aromatic carbocycles. The highest BCUT2D eigenvalue weighted by atomic mass is 14.9. The third-order valence-electron chi connectivity index (χ3n) is 3.88. The lowest BCUT2D eigenvalue weighted by Gasteiger charge is -2.29. The van der Waals surface area contributed by atoms with Gasteiger partial charge in [-0.1, -0.05) is 26.0 Å². The maximum atomic E-state index is 3.56. The van der Waals surface area contributed by atoms with E-state index in [9.17, 15) is 0 Å². The van der Waals surface area contributed by atoms with Crippen LogP contribution >= 0.6 is 0 Å². The van der Waals surface area contributed by atoms with E-state index in [0.29, 0.717) is 6.04 Å². The fourth-order valence-electron chi connectivity index (χ4n) is 2.85. The largest absolute Gasteiger partial charge is 0.317 e. The molecule has 0 bridgehead atoms. The van der Waals surface area contributed by atoms with Crippen LogP contribution in [0.25, 0.3) is 0 Å². The predicted octanol–water partition coefficient (Wildman–Crippen LogP) is 2.96. The molecule has 3 atom stereocenters. The lowest BCUT2D eigenvalue weighted by atomic mass is 9.81. The second kappa shape index (κ2) is 8.71. The van der Waals surface area contributed by atoms with E-state index < -0.39 is 0 Å². The lowest BCUT2D eigenvalue weighted by Crippen LogP contribution is -2.32. The molecule has 0 fully saturated rings. The molecule has 0 saturated heterocycles. The van der Waals surface area contributed by atoms with Crippen molar-refractivity contribution in [1.29, 1.82) is 0 Å². The highest BCUT2D eigenvalue weighted by Crippen LogP contribution is 2.27. The average Bonchev–Trinajstić information content (AvgIpc) is 2.31. The normalized spacial score (nSPS) is 31.8. The Balaban J connectivity index is 2.43. The van der Waals surface area contributed by atoms with Gasteiger partial charge < -0.3 is 10.6 Å². The molecule has 2 N–H and O–H groups in total. The molecule has 2 nitrogen and oxygen atoms in total. The van der Waals surface area contributed by atoms with E-state index in [4.69, 9.17) is 0 Å².